The Bertz CT molecular complexity index is 792. The number of dihydropyridines is 1. The molecule has 1 aliphatic heterocycles. The van der Waals surface area contributed by atoms with Crippen LogP contribution < -0.4 is 10.0 Å². The highest BCUT2D eigenvalue weighted by Crippen LogP contribution is 2.35. The lowest BCUT2D eigenvalue weighted by molar-refractivity contribution is -0.141. The number of nitrogens with one attached hydrogen (secondary N) is 2. The molecular formula is C24H31ClN2O2S. The quantitative estimate of drug-likeness (QED) is 0.241. The Morgan fingerprint density at radius 1 is 1.37 bits per heavy atom. The molecule has 0 amide bonds. The standard InChI is InChI=1S/C24H31ClN2O2S/c1-17(2)29-24(28)14-19-10-6-13-23(27-30-16-25)21(19)15-20-11-7-12-22(26-20)18-8-4-3-5-9-18/h3-5,7-9,11-12,14,17,20-21,23,26-27H,6,10,13,15-16H2,1-2H3/b19-14-. The molecule has 30 heavy (non-hydrogen) atoms. The minimum atomic E-state index is -0.243. The second-order valence-corrected chi connectivity index (χ2v) is 9.40. The van der Waals surface area contributed by atoms with Crippen LogP contribution in [0.1, 0.15) is 45.1 Å². The average Bonchev–Trinajstić information content (AvgIpc) is 2.74. The Morgan fingerprint density at radius 2 is 2.17 bits per heavy atom. The maximum absolute atomic E-state index is 12.3. The van der Waals surface area contributed by atoms with Crippen LogP contribution in [0.3, 0.4) is 0 Å². The van der Waals surface area contributed by atoms with Crippen LogP contribution >= 0.6 is 23.5 Å². The number of benzene rings is 1. The van der Waals surface area contributed by atoms with Crippen molar-refractivity contribution in [2.24, 2.45) is 5.92 Å². The van der Waals surface area contributed by atoms with E-state index in [2.05, 4.69) is 52.5 Å². The number of esters is 1. The molecule has 162 valence electrons. The van der Waals surface area contributed by atoms with E-state index >= 15 is 0 Å². The molecule has 2 aliphatic rings. The van der Waals surface area contributed by atoms with E-state index < -0.39 is 0 Å². The summed E-state index contributed by atoms with van der Waals surface area (Å²) in [4.78, 5) is 12.3. The first-order valence-corrected chi connectivity index (χ1v) is 12.1. The third-order valence-electron chi connectivity index (χ3n) is 5.43. The third-order valence-corrected chi connectivity index (χ3v) is 6.33. The number of carbonyl (C=O) groups excluding carboxylic acids is 1. The summed E-state index contributed by atoms with van der Waals surface area (Å²) in [6.07, 6.45) is 12.0. The first-order valence-electron chi connectivity index (χ1n) is 10.6. The Hall–Kier alpha value is -1.69. The van der Waals surface area contributed by atoms with Crippen molar-refractivity contribution in [3.8, 4) is 0 Å². The molecule has 0 spiro atoms. The van der Waals surface area contributed by atoms with Crippen molar-refractivity contribution in [1.29, 1.82) is 0 Å². The first kappa shape index (κ1) is 23.0. The highest BCUT2D eigenvalue weighted by atomic mass is 35.5. The van der Waals surface area contributed by atoms with Crippen LogP contribution in [0.15, 0.2) is 60.2 Å². The van der Waals surface area contributed by atoms with Gasteiger partial charge in [0, 0.05) is 23.9 Å². The summed E-state index contributed by atoms with van der Waals surface area (Å²) in [5, 5.41) is 4.17. The van der Waals surface area contributed by atoms with Crippen molar-refractivity contribution < 1.29 is 9.53 Å². The van der Waals surface area contributed by atoms with Gasteiger partial charge >= 0.3 is 5.97 Å². The largest absolute Gasteiger partial charge is 0.460 e. The van der Waals surface area contributed by atoms with Gasteiger partial charge in [0.1, 0.15) is 0 Å². The molecule has 3 rings (SSSR count). The SMILES string of the molecule is CC(C)OC(=O)/C=C1/CCCC(NSCCl)C1CC1C=CC=C(c2ccccc2)N1. The molecule has 4 nitrogen and oxygen atoms in total. The predicted octanol–water partition coefficient (Wildman–Crippen LogP) is 5.43. The molecule has 0 aromatic heterocycles. The fourth-order valence-electron chi connectivity index (χ4n) is 4.15. The van der Waals surface area contributed by atoms with Gasteiger partial charge in [0.2, 0.25) is 0 Å². The van der Waals surface area contributed by atoms with Crippen LogP contribution in [-0.2, 0) is 9.53 Å². The summed E-state index contributed by atoms with van der Waals surface area (Å²) in [6, 6.07) is 10.8. The van der Waals surface area contributed by atoms with Gasteiger partial charge in [-0.15, -0.1) is 11.6 Å². The van der Waals surface area contributed by atoms with Gasteiger partial charge in [-0.3, -0.25) is 4.72 Å². The van der Waals surface area contributed by atoms with Crippen LogP contribution in [0.4, 0.5) is 0 Å². The fraction of sp³-hybridized carbons (Fsp3) is 0.458. The van der Waals surface area contributed by atoms with E-state index in [4.69, 9.17) is 16.3 Å². The predicted molar refractivity (Wildman–Crippen MR) is 127 cm³/mol. The molecule has 0 saturated heterocycles. The second kappa shape index (κ2) is 11.6. The van der Waals surface area contributed by atoms with E-state index in [1.54, 1.807) is 6.08 Å². The highest BCUT2D eigenvalue weighted by Gasteiger charge is 2.31. The molecule has 1 saturated carbocycles. The molecule has 1 aliphatic carbocycles. The molecule has 1 aromatic carbocycles. The lowest BCUT2D eigenvalue weighted by atomic mass is 9.76. The molecule has 2 N–H and O–H groups in total. The number of alkyl halides is 1. The second-order valence-electron chi connectivity index (χ2n) is 8.00. The van der Waals surface area contributed by atoms with Crippen LogP contribution in [0.5, 0.6) is 0 Å². The monoisotopic (exact) mass is 446 g/mol. The van der Waals surface area contributed by atoms with Gasteiger partial charge in [0.25, 0.3) is 0 Å². The fourth-order valence-corrected chi connectivity index (χ4v) is 4.90. The molecule has 1 heterocycles. The molecule has 1 aromatic rings. The molecule has 3 atom stereocenters. The molecule has 3 unspecified atom stereocenters. The average molecular weight is 447 g/mol. The topological polar surface area (TPSA) is 50.4 Å². The number of carbonyl (C=O) groups is 1. The summed E-state index contributed by atoms with van der Waals surface area (Å²) in [5.74, 6) is -0.000820. The van der Waals surface area contributed by atoms with Crippen molar-refractivity contribution in [3.63, 3.8) is 0 Å². The zero-order valence-electron chi connectivity index (χ0n) is 17.6. The maximum Gasteiger partial charge on any atom is 0.330 e. The zero-order valence-corrected chi connectivity index (χ0v) is 19.2. The number of ether oxygens (including phenoxy) is 1. The molecular weight excluding hydrogens is 416 g/mol. The smallest absolute Gasteiger partial charge is 0.330 e. The van der Waals surface area contributed by atoms with Gasteiger partial charge in [-0.2, -0.15) is 0 Å². The van der Waals surface area contributed by atoms with Crippen molar-refractivity contribution >= 4 is 35.2 Å². The van der Waals surface area contributed by atoms with Crippen molar-refractivity contribution in [2.75, 3.05) is 5.21 Å². The van der Waals surface area contributed by atoms with Crippen LogP contribution in [0.25, 0.3) is 5.70 Å². The summed E-state index contributed by atoms with van der Waals surface area (Å²) < 4.78 is 8.90. The summed E-state index contributed by atoms with van der Waals surface area (Å²) in [6.45, 7) is 3.76. The van der Waals surface area contributed by atoms with E-state index in [1.807, 2.05) is 19.9 Å². The third kappa shape index (κ3) is 6.66. The van der Waals surface area contributed by atoms with Crippen LogP contribution in [-0.4, -0.2) is 29.4 Å². The van der Waals surface area contributed by atoms with Gasteiger partial charge < -0.3 is 10.1 Å². The van der Waals surface area contributed by atoms with Gasteiger partial charge in [-0.05, 0) is 57.1 Å². The maximum atomic E-state index is 12.3. The number of hydrogen-bond donors (Lipinski definition) is 2. The zero-order chi connectivity index (χ0) is 21.3. The van der Waals surface area contributed by atoms with E-state index in [0.29, 0.717) is 5.21 Å². The van der Waals surface area contributed by atoms with E-state index in [-0.39, 0.29) is 30.1 Å². The molecule has 6 heteroatoms. The minimum absolute atomic E-state index is 0.112. The number of halogens is 1. The lowest BCUT2D eigenvalue weighted by Gasteiger charge is -2.37. The Morgan fingerprint density at radius 3 is 2.90 bits per heavy atom. The van der Waals surface area contributed by atoms with Crippen molar-refractivity contribution in [3.05, 3.63) is 65.8 Å². The summed E-state index contributed by atoms with van der Waals surface area (Å²) in [5.41, 5.74) is 3.48. The Balaban J connectivity index is 1.75. The van der Waals surface area contributed by atoms with E-state index in [9.17, 15) is 4.79 Å². The van der Waals surface area contributed by atoms with Crippen molar-refractivity contribution in [1.82, 2.24) is 10.0 Å². The summed E-state index contributed by atoms with van der Waals surface area (Å²) in [7, 11) is 0. The summed E-state index contributed by atoms with van der Waals surface area (Å²) >= 11 is 7.44. The highest BCUT2D eigenvalue weighted by molar-refractivity contribution is 7.98. The van der Waals surface area contributed by atoms with Gasteiger partial charge in [0.15, 0.2) is 0 Å². The van der Waals surface area contributed by atoms with E-state index in [0.717, 1.165) is 31.4 Å². The number of hydrogen-bond acceptors (Lipinski definition) is 5. The normalized spacial score (nSPS) is 25.1. The molecule has 0 radical (unpaired) electrons. The van der Waals surface area contributed by atoms with Gasteiger partial charge in [-0.25, -0.2) is 4.79 Å². The molecule has 1 fully saturated rings. The van der Waals surface area contributed by atoms with Crippen LogP contribution in [0.2, 0.25) is 0 Å². The van der Waals surface area contributed by atoms with Gasteiger partial charge in [0.05, 0.1) is 11.3 Å². The van der Waals surface area contributed by atoms with Gasteiger partial charge in [-0.1, -0.05) is 60.0 Å². The van der Waals surface area contributed by atoms with Crippen molar-refractivity contribution in [2.45, 2.75) is 57.7 Å². The Kier molecular flexibility index (Phi) is 8.91. The molecule has 0 bridgehead atoms. The first-order chi connectivity index (χ1) is 14.6. The Labute approximate surface area is 189 Å². The number of allylic oxidation sites excluding steroid dienone is 2. The van der Waals surface area contributed by atoms with E-state index in [1.165, 1.54) is 23.1 Å². The lowest BCUT2D eigenvalue weighted by Crippen LogP contribution is -2.41. The number of rotatable bonds is 8. The van der Waals surface area contributed by atoms with Crippen LogP contribution in [0, 0.1) is 5.92 Å². The minimum Gasteiger partial charge on any atom is -0.460 e.